The molecule has 2 aromatic rings. The van der Waals surface area contributed by atoms with E-state index in [1.807, 2.05) is 0 Å². The van der Waals surface area contributed by atoms with Gasteiger partial charge >= 0.3 is 6.18 Å². The fourth-order valence-corrected chi connectivity index (χ4v) is 2.96. The summed E-state index contributed by atoms with van der Waals surface area (Å²) in [5, 5.41) is 11.9. The number of halogens is 3. The summed E-state index contributed by atoms with van der Waals surface area (Å²) in [6.45, 7) is 3.28. The van der Waals surface area contributed by atoms with E-state index < -0.39 is 11.7 Å². The maximum atomic E-state index is 12.9. The summed E-state index contributed by atoms with van der Waals surface area (Å²) in [5.74, 6) is 0.573. The Morgan fingerprint density at radius 1 is 1.19 bits per heavy atom. The first kappa shape index (κ1) is 18.7. The van der Waals surface area contributed by atoms with Crippen LogP contribution in [0, 0.1) is 0 Å². The number of morpholine rings is 1. The zero-order chi connectivity index (χ0) is 18.6. The van der Waals surface area contributed by atoms with Crippen molar-refractivity contribution in [2.45, 2.75) is 18.8 Å². The van der Waals surface area contributed by atoms with Crippen LogP contribution in [-0.2, 0) is 22.2 Å². The quantitative estimate of drug-likeness (QED) is 0.771. The predicted molar refractivity (Wildman–Crippen MR) is 85.4 cm³/mol. The average Bonchev–Trinajstić information content (AvgIpc) is 3.09. The summed E-state index contributed by atoms with van der Waals surface area (Å²) in [7, 11) is 1.58. The SMILES string of the molecule is COCCn1nnnc1[C@H](c1ccc(C(F)(F)F)cc1)N1CCOCC1. The van der Waals surface area contributed by atoms with Crippen LogP contribution in [0.25, 0.3) is 0 Å². The molecule has 7 nitrogen and oxygen atoms in total. The highest BCUT2D eigenvalue weighted by Crippen LogP contribution is 2.32. The molecule has 1 atom stereocenters. The number of ether oxygens (including phenoxy) is 2. The van der Waals surface area contributed by atoms with Crippen molar-refractivity contribution in [1.82, 2.24) is 25.1 Å². The molecule has 0 radical (unpaired) electrons. The number of rotatable bonds is 6. The second kappa shape index (κ2) is 8.11. The van der Waals surface area contributed by atoms with Gasteiger partial charge in [0.15, 0.2) is 5.82 Å². The van der Waals surface area contributed by atoms with Gasteiger partial charge in [0, 0.05) is 20.2 Å². The standard InChI is InChI=1S/C16H20F3N5O2/c1-25-9-8-24-15(20-21-22-24)14(23-6-10-26-11-7-23)12-2-4-13(5-3-12)16(17,18)19/h2-5,14H,6-11H2,1H3/t14-/m0/s1. The van der Waals surface area contributed by atoms with E-state index in [2.05, 4.69) is 20.4 Å². The van der Waals surface area contributed by atoms with Crippen LogP contribution in [0.2, 0.25) is 0 Å². The number of alkyl halides is 3. The number of hydrogen-bond acceptors (Lipinski definition) is 6. The van der Waals surface area contributed by atoms with Gasteiger partial charge in [0.2, 0.25) is 0 Å². The summed E-state index contributed by atoms with van der Waals surface area (Å²) >= 11 is 0. The predicted octanol–water partition coefficient (Wildman–Crippen LogP) is 1.76. The summed E-state index contributed by atoms with van der Waals surface area (Å²) in [6, 6.07) is 4.79. The number of benzene rings is 1. The monoisotopic (exact) mass is 371 g/mol. The first-order chi connectivity index (χ1) is 12.5. The zero-order valence-corrected chi connectivity index (χ0v) is 14.3. The lowest BCUT2D eigenvalue weighted by molar-refractivity contribution is -0.137. The zero-order valence-electron chi connectivity index (χ0n) is 14.3. The molecule has 0 bridgehead atoms. The fourth-order valence-electron chi connectivity index (χ4n) is 2.96. The highest BCUT2D eigenvalue weighted by molar-refractivity contribution is 5.30. The van der Waals surface area contributed by atoms with Crippen LogP contribution >= 0.6 is 0 Å². The Labute approximate surface area is 148 Å². The maximum Gasteiger partial charge on any atom is 0.416 e. The Hall–Kier alpha value is -2.04. The third-order valence-corrected chi connectivity index (χ3v) is 4.28. The maximum absolute atomic E-state index is 12.9. The largest absolute Gasteiger partial charge is 0.416 e. The topological polar surface area (TPSA) is 65.3 Å². The molecule has 0 unspecified atom stereocenters. The Bertz CT molecular complexity index is 699. The Balaban J connectivity index is 1.95. The summed E-state index contributed by atoms with van der Waals surface area (Å²) in [5.41, 5.74) is 0.0225. The van der Waals surface area contributed by atoms with E-state index in [4.69, 9.17) is 9.47 Å². The molecule has 142 valence electrons. The highest BCUT2D eigenvalue weighted by Gasteiger charge is 2.32. The third-order valence-electron chi connectivity index (χ3n) is 4.28. The van der Waals surface area contributed by atoms with Gasteiger partial charge in [0.1, 0.15) is 0 Å². The molecule has 1 saturated heterocycles. The normalized spacial score (nSPS) is 17.4. The lowest BCUT2D eigenvalue weighted by Crippen LogP contribution is -2.40. The summed E-state index contributed by atoms with van der Waals surface area (Å²) in [6.07, 6.45) is -4.37. The molecule has 26 heavy (non-hydrogen) atoms. The van der Waals surface area contributed by atoms with Crippen LogP contribution in [0.5, 0.6) is 0 Å². The molecule has 0 spiro atoms. The first-order valence-electron chi connectivity index (χ1n) is 8.24. The highest BCUT2D eigenvalue weighted by atomic mass is 19.4. The molecule has 1 fully saturated rings. The second-order valence-corrected chi connectivity index (χ2v) is 5.92. The number of nitrogens with zero attached hydrogens (tertiary/aromatic N) is 5. The van der Waals surface area contributed by atoms with Gasteiger partial charge < -0.3 is 9.47 Å². The van der Waals surface area contributed by atoms with Crippen molar-refractivity contribution in [3.63, 3.8) is 0 Å². The van der Waals surface area contributed by atoms with E-state index in [1.165, 1.54) is 12.1 Å². The van der Waals surface area contributed by atoms with Crippen LogP contribution in [0.3, 0.4) is 0 Å². The van der Waals surface area contributed by atoms with Crippen LogP contribution in [0.1, 0.15) is 23.0 Å². The van der Waals surface area contributed by atoms with Gasteiger partial charge in [-0.05, 0) is 28.1 Å². The van der Waals surface area contributed by atoms with Gasteiger partial charge in [-0.3, -0.25) is 4.90 Å². The summed E-state index contributed by atoms with van der Waals surface area (Å²) in [4.78, 5) is 2.11. The Morgan fingerprint density at radius 3 is 2.50 bits per heavy atom. The van der Waals surface area contributed by atoms with Crippen molar-refractivity contribution >= 4 is 0 Å². The molecule has 1 aliphatic heterocycles. The minimum absolute atomic E-state index is 0.354. The van der Waals surface area contributed by atoms with Crippen LogP contribution < -0.4 is 0 Å². The second-order valence-electron chi connectivity index (χ2n) is 5.92. The van der Waals surface area contributed by atoms with Crippen molar-refractivity contribution in [1.29, 1.82) is 0 Å². The van der Waals surface area contributed by atoms with Crippen molar-refractivity contribution in [2.75, 3.05) is 40.0 Å². The minimum atomic E-state index is -4.37. The lowest BCUT2D eigenvalue weighted by atomic mass is 10.0. The smallest absolute Gasteiger partial charge is 0.383 e. The van der Waals surface area contributed by atoms with Crippen molar-refractivity contribution < 1.29 is 22.6 Å². The van der Waals surface area contributed by atoms with Gasteiger partial charge in [-0.1, -0.05) is 12.1 Å². The van der Waals surface area contributed by atoms with E-state index in [9.17, 15) is 13.2 Å². The molecular weight excluding hydrogens is 351 g/mol. The van der Waals surface area contributed by atoms with Gasteiger partial charge in [-0.2, -0.15) is 13.2 Å². The molecule has 1 aliphatic rings. The van der Waals surface area contributed by atoms with Crippen molar-refractivity contribution in [2.24, 2.45) is 0 Å². The third kappa shape index (κ3) is 4.19. The van der Waals surface area contributed by atoms with E-state index >= 15 is 0 Å². The molecular formula is C16H20F3N5O2. The Kier molecular flexibility index (Phi) is 5.84. The molecule has 0 aliphatic carbocycles. The van der Waals surface area contributed by atoms with E-state index in [0.29, 0.717) is 50.8 Å². The van der Waals surface area contributed by atoms with Crippen molar-refractivity contribution in [3.05, 3.63) is 41.2 Å². The number of tetrazole rings is 1. The molecule has 3 rings (SSSR count). The molecule has 0 N–H and O–H groups in total. The van der Waals surface area contributed by atoms with Gasteiger partial charge in [0.05, 0.1) is 38.0 Å². The summed E-state index contributed by atoms with van der Waals surface area (Å²) < 4.78 is 50.7. The van der Waals surface area contributed by atoms with Crippen LogP contribution in [0.15, 0.2) is 24.3 Å². The molecule has 1 aromatic carbocycles. The van der Waals surface area contributed by atoms with E-state index in [1.54, 1.807) is 11.8 Å². The van der Waals surface area contributed by atoms with Crippen LogP contribution in [-0.4, -0.2) is 65.1 Å². The molecule has 10 heteroatoms. The average molecular weight is 371 g/mol. The molecule has 2 heterocycles. The van der Waals surface area contributed by atoms with Crippen molar-refractivity contribution in [3.8, 4) is 0 Å². The molecule has 0 saturated carbocycles. The molecule has 1 aromatic heterocycles. The fraction of sp³-hybridized carbons (Fsp3) is 0.562. The van der Waals surface area contributed by atoms with E-state index in [0.717, 1.165) is 12.1 Å². The lowest BCUT2D eigenvalue weighted by Gasteiger charge is -2.34. The minimum Gasteiger partial charge on any atom is -0.383 e. The molecule has 0 amide bonds. The van der Waals surface area contributed by atoms with Gasteiger partial charge in [-0.15, -0.1) is 5.10 Å². The number of aromatic nitrogens is 4. The van der Waals surface area contributed by atoms with Gasteiger partial charge in [0.25, 0.3) is 0 Å². The van der Waals surface area contributed by atoms with Crippen LogP contribution in [0.4, 0.5) is 13.2 Å². The number of methoxy groups -OCH3 is 1. The van der Waals surface area contributed by atoms with E-state index in [-0.39, 0.29) is 6.04 Å². The number of hydrogen-bond donors (Lipinski definition) is 0. The van der Waals surface area contributed by atoms with Gasteiger partial charge in [-0.25, -0.2) is 4.68 Å². The first-order valence-corrected chi connectivity index (χ1v) is 8.24. The Morgan fingerprint density at radius 2 is 1.88 bits per heavy atom.